The summed E-state index contributed by atoms with van der Waals surface area (Å²) in [6.07, 6.45) is 2.76. The van der Waals surface area contributed by atoms with E-state index in [1.165, 1.54) is 5.56 Å². The Labute approximate surface area is 148 Å². The molecule has 134 valence electrons. The third kappa shape index (κ3) is 3.69. The molecule has 0 spiro atoms. The molecule has 1 fully saturated rings. The first-order chi connectivity index (χ1) is 12.1. The van der Waals surface area contributed by atoms with E-state index in [2.05, 4.69) is 28.2 Å². The molecule has 2 heterocycles. The number of hydrogen-bond donors (Lipinski definition) is 2. The molecule has 3 rings (SSSR count). The zero-order valence-electron chi connectivity index (χ0n) is 15.0. The molecule has 2 N–H and O–H groups in total. The Hall–Kier alpha value is -2.34. The largest absolute Gasteiger partial charge is 0.360 e. The number of rotatable bonds is 5. The monoisotopic (exact) mass is 342 g/mol. The van der Waals surface area contributed by atoms with Crippen LogP contribution in [0.1, 0.15) is 29.8 Å². The van der Waals surface area contributed by atoms with Gasteiger partial charge in [-0.25, -0.2) is 0 Å². The predicted octanol–water partition coefficient (Wildman–Crippen LogP) is 1.62. The molecule has 6 heteroatoms. The molecule has 2 amide bonds. The average Bonchev–Trinajstić information content (AvgIpc) is 3.06. The topological polar surface area (TPSA) is 68.4 Å². The quantitative estimate of drug-likeness (QED) is 0.868. The van der Waals surface area contributed by atoms with Crippen LogP contribution in [0.15, 0.2) is 24.4 Å². The number of hydrogen-bond acceptors (Lipinski definition) is 3. The molecule has 2 aromatic rings. The number of H-pyrrole nitrogens is 1. The van der Waals surface area contributed by atoms with Crippen molar-refractivity contribution < 1.29 is 9.59 Å². The lowest BCUT2D eigenvalue weighted by molar-refractivity contribution is -0.122. The number of aromatic amines is 1. The normalized spacial score (nSPS) is 15.5. The Morgan fingerprint density at radius 3 is 2.60 bits per heavy atom. The summed E-state index contributed by atoms with van der Waals surface area (Å²) in [5, 5.41) is 3.81. The lowest BCUT2D eigenvalue weighted by Gasteiger charge is -2.34. The van der Waals surface area contributed by atoms with Crippen LogP contribution < -0.4 is 5.32 Å². The van der Waals surface area contributed by atoms with Crippen LogP contribution >= 0.6 is 0 Å². The Bertz CT molecular complexity index is 760. The van der Waals surface area contributed by atoms with Gasteiger partial charge in [0.25, 0.3) is 5.91 Å². The number of fused-ring (bicyclic) bond motifs is 1. The second-order valence-electron chi connectivity index (χ2n) is 6.42. The lowest BCUT2D eigenvalue weighted by Crippen LogP contribution is -2.51. The van der Waals surface area contributed by atoms with Gasteiger partial charge in [-0.15, -0.1) is 0 Å². The Morgan fingerprint density at radius 1 is 1.16 bits per heavy atom. The van der Waals surface area contributed by atoms with E-state index in [4.69, 9.17) is 0 Å². The number of nitrogens with zero attached hydrogens (tertiary/aromatic N) is 2. The third-order valence-electron chi connectivity index (χ3n) is 4.81. The van der Waals surface area contributed by atoms with Gasteiger partial charge in [-0.05, 0) is 18.9 Å². The molecular weight excluding hydrogens is 316 g/mol. The summed E-state index contributed by atoms with van der Waals surface area (Å²) in [6.45, 7) is 7.85. The predicted molar refractivity (Wildman–Crippen MR) is 98.7 cm³/mol. The Balaban J connectivity index is 1.66. The van der Waals surface area contributed by atoms with Gasteiger partial charge in [0, 0.05) is 49.8 Å². The molecule has 0 atom stereocenters. The minimum absolute atomic E-state index is 0.0472. The van der Waals surface area contributed by atoms with Gasteiger partial charge in [-0.1, -0.05) is 25.1 Å². The smallest absolute Gasteiger partial charge is 0.256 e. The number of amides is 2. The van der Waals surface area contributed by atoms with Crippen LogP contribution in [0.5, 0.6) is 0 Å². The molecule has 0 radical (unpaired) electrons. The molecule has 1 saturated heterocycles. The van der Waals surface area contributed by atoms with Gasteiger partial charge in [0.15, 0.2) is 0 Å². The first-order valence-electron chi connectivity index (χ1n) is 9.01. The minimum atomic E-state index is 0.0472. The maximum Gasteiger partial charge on any atom is 0.256 e. The lowest BCUT2D eigenvalue weighted by atomic mass is 10.1. The maximum absolute atomic E-state index is 12.9. The fraction of sp³-hybridized carbons (Fsp3) is 0.474. The van der Waals surface area contributed by atoms with Crippen molar-refractivity contribution in [3.8, 4) is 0 Å². The number of carbonyl (C=O) groups is 2. The van der Waals surface area contributed by atoms with Gasteiger partial charge in [0.2, 0.25) is 5.91 Å². The van der Waals surface area contributed by atoms with E-state index in [1.807, 2.05) is 30.2 Å². The van der Waals surface area contributed by atoms with Gasteiger partial charge in [0.1, 0.15) is 0 Å². The summed E-state index contributed by atoms with van der Waals surface area (Å²) in [4.78, 5) is 31.8. The van der Waals surface area contributed by atoms with Crippen LogP contribution in [0, 0.1) is 0 Å². The number of para-hydroxylation sites is 1. The van der Waals surface area contributed by atoms with Crippen LogP contribution in [-0.2, 0) is 11.2 Å². The standard InChI is InChI=1S/C19H26N4O2/c1-3-14-6-5-7-15-16(12-21-18(14)15)19(25)23-10-8-22(9-11-23)13-17(24)20-4-2/h5-7,12,21H,3-4,8-11,13H2,1-2H3,(H,20,24). The zero-order valence-corrected chi connectivity index (χ0v) is 15.0. The Kier molecular flexibility index (Phi) is 5.38. The van der Waals surface area contributed by atoms with Crippen molar-refractivity contribution in [1.82, 2.24) is 20.1 Å². The van der Waals surface area contributed by atoms with Crippen molar-refractivity contribution in [3.05, 3.63) is 35.5 Å². The first-order valence-corrected chi connectivity index (χ1v) is 9.01. The highest BCUT2D eigenvalue weighted by Crippen LogP contribution is 2.23. The molecule has 0 saturated carbocycles. The van der Waals surface area contributed by atoms with E-state index in [-0.39, 0.29) is 11.8 Å². The van der Waals surface area contributed by atoms with Gasteiger partial charge in [-0.3, -0.25) is 14.5 Å². The molecule has 1 aliphatic heterocycles. The number of benzene rings is 1. The van der Waals surface area contributed by atoms with E-state index < -0.39 is 0 Å². The van der Waals surface area contributed by atoms with Crippen LogP contribution in [0.4, 0.5) is 0 Å². The molecular formula is C19H26N4O2. The maximum atomic E-state index is 12.9. The SMILES string of the molecule is CCNC(=O)CN1CCN(C(=O)c2c[nH]c3c(CC)cccc23)CC1. The molecule has 0 unspecified atom stereocenters. The van der Waals surface area contributed by atoms with Crippen molar-refractivity contribution in [3.63, 3.8) is 0 Å². The van der Waals surface area contributed by atoms with Crippen LogP contribution in [0.2, 0.25) is 0 Å². The molecule has 25 heavy (non-hydrogen) atoms. The average molecular weight is 342 g/mol. The number of aryl methyl sites for hydroxylation is 1. The van der Waals surface area contributed by atoms with E-state index in [0.29, 0.717) is 26.2 Å². The molecule has 6 nitrogen and oxygen atoms in total. The number of carbonyl (C=O) groups excluding carboxylic acids is 2. The molecule has 1 aromatic carbocycles. The number of likely N-dealkylation sites (N-methyl/N-ethyl adjacent to an activating group) is 1. The summed E-state index contributed by atoms with van der Waals surface area (Å²) >= 11 is 0. The first kappa shape index (κ1) is 17.5. The summed E-state index contributed by atoms with van der Waals surface area (Å²) in [5.74, 6) is 0.114. The van der Waals surface area contributed by atoms with Gasteiger partial charge >= 0.3 is 0 Å². The number of nitrogens with one attached hydrogen (secondary N) is 2. The number of aromatic nitrogens is 1. The Morgan fingerprint density at radius 2 is 1.92 bits per heavy atom. The van der Waals surface area contributed by atoms with Crippen molar-refractivity contribution >= 4 is 22.7 Å². The number of piperazine rings is 1. The zero-order chi connectivity index (χ0) is 17.8. The van der Waals surface area contributed by atoms with Crippen LogP contribution in [-0.4, -0.2) is 65.9 Å². The van der Waals surface area contributed by atoms with Crippen molar-refractivity contribution in [2.45, 2.75) is 20.3 Å². The summed E-state index contributed by atoms with van der Waals surface area (Å²) in [7, 11) is 0. The van der Waals surface area contributed by atoms with Crippen molar-refractivity contribution in [2.24, 2.45) is 0 Å². The highest BCUT2D eigenvalue weighted by Gasteiger charge is 2.25. The molecule has 1 aliphatic rings. The third-order valence-corrected chi connectivity index (χ3v) is 4.81. The summed E-state index contributed by atoms with van der Waals surface area (Å²) in [5.41, 5.74) is 3.02. The van der Waals surface area contributed by atoms with Gasteiger partial charge < -0.3 is 15.2 Å². The highest BCUT2D eigenvalue weighted by molar-refractivity contribution is 6.07. The fourth-order valence-electron chi connectivity index (χ4n) is 3.42. The molecule has 1 aromatic heterocycles. The van der Waals surface area contributed by atoms with Crippen molar-refractivity contribution in [1.29, 1.82) is 0 Å². The fourth-order valence-corrected chi connectivity index (χ4v) is 3.42. The van der Waals surface area contributed by atoms with E-state index in [9.17, 15) is 9.59 Å². The summed E-state index contributed by atoms with van der Waals surface area (Å²) in [6, 6.07) is 6.10. The molecule has 0 aliphatic carbocycles. The second-order valence-corrected chi connectivity index (χ2v) is 6.42. The molecule has 0 bridgehead atoms. The second kappa shape index (κ2) is 7.70. The summed E-state index contributed by atoms with van der Waals surface area (Å²) < 4.78 is 0. The van der Waals surface area contributed by atoms with Gasteiger partial charge in [0.05, 0.1) is 12.1 Å². The minimum Gasteiger partial charge on any atom is -0.360 e. The van der Waals surface area contributed by atoms with E-state index in [0.717, 1.165) is 36.0 Å². The highest BCUT2D eigenvalue weighted by atomic mass is 16.2. The van der Waals surface area contributed by atoms with Crippen molar-refractivity contribution in [2.75, 3.05) is 39.3 Å². The van der Waals surface area contributed by atoms with Crippen LogP contribution in [0.25, 0.3) is 10.9 Å². The van der Waals surface area contributed by atoms with E-state index >= 15 is 0 Å². The van der Waals surface area contributed by atoms with E-state index in [1.54, 1.807) is 0 Å². The van der Waals surface area contributed by atoms with Crippen LogP contribution in [0.3, 0.4) is 0 Å². The van der Waals surface area contributed by atoms with Gasteiger partial charge in [-0.2, -0.15) is 0 Å².